The maximum Gasteiger partial charge on any atom is 0.143 e. The van der Waals surface area contributed by atoms with Crippen molar-refractivity contribution in [2.45, 2.75) is 13.0 Å². The number of para-hydroxylation sites is 1. The monoisotopic (exact) mass is 268 g/mol. The molecular weight excluding hydrogens is 252 g/mol. The number of benzene rings is 1. The van der Waals surface area contributed by atoms with Gasteiger partial charge in [-0.15, -0.1) is 0 Å². The van der Waals surface area contributed by atoms with E-state index < -0.39 is 0 Å². The second-order valence-corrected chi connectivity index (χ2v) is 4.52. The predicted molar refractivity (Wildman–Crippen MR) is 76.6 cm³/mol. The summed E-state index contributed by atoms with van der Waals surface area (Å²) in [6.45, 7) is 0.848. The van der Waals surface area contributed by atoms with Gasteiger partial charge in [0.2, 0.25) is 0 Å². The third-order valence-corrected chi connectivity index (χ3v) is 3.31. The Morgan fingerprint density at radius 1 is 1.25 bits per heavy atom. The molecule has 0 N–H and O–H groups in total. The number of hydrogen-bond acceptors (Lipinski definition) is 3. The van der Waals surface area contributed by atoms with Crippen LogP contribution in [0.2, 0.25) is 0 Å². The fourth-order valence-corrected chi connectivity index (χ4v) is 2.29. The van der Waals surface area contributed by atoms with Gasteiger partial charge < -0.3 is 13.7 Å². The van der Waals surface area contributed by atoms with Crippen LogP contribution in [-0.4, -0.2) is 16.7 Å². The smallest absolute Gasteiger partial charge is 0.143 e. The Labute approximate surface area is 117 Å². The van der Waals surface area contributed by atoms with Crippen molar-refractivity contribution < 1.29 is 9.15 Å². The average molecular weight is 268 g/mol. The zero-order valence-corrected chi connectivity index (χ0v) is 11.3. The Balaban J connectivity index is 1.78. The zero-order valence-electron chi connectivity index (χ0n) is 11.3. The number of rotatable bonds is 5. The summed E-state index contributed by atoms with van der Waals surface area (Å²) in [6.07, 6.45) is 8.06. The van der Waals surface area contributed by atoms with E-state index >= 15 is 0 Å². The molecule has 0 spiro atoms. The average Bonchev–Trinajstić information content (AvgIpc) is 3.15. The summed E-state index contributed by atoms with van der Waals surface area (Å²) in [5.41, 5.74) is 2.19. The highest BCUT2D eigenvalue weighted by molar-refractivity contribution is 5.53. The quantitative estimate of drug-likeness (QED) is 0.712. The fourth-order valence-electron chi connectivity index (χ4n) is 2.29. The molecule has 0 fully saturated rings. The van der Waals surface area contributed by atoms with Gasteiger partial charge in [0, 0.05) is 18.9 Å². The molecule has 0 amide bonds. The van der Waals surface area contributed by atoms with Gasteiger partial charge in [0.15, 0.2) is 0 Å². The van der Waals surface area contributed by atoms with Crippen LogP contribution in [0.4, 0.5) is 0 Å². The number of aromatic nitrogens is 2. The molecule has 0 radical (unpaired) electrons. The first-order valence-electron chi connectivity index (χ1n) is 6.54. The molecule has 0 bridgehead atoms. The molecular formula is C16H16N2O2. The standard InChI is InChI=1S/C16H16N2O2/c1-19-15-5-3-2-4-13(15)6-9-18-10-8-17-16(18)14-7-11-20-12-14/h2-5,7-8,10-12H,6,9H2,1H3. The van der Waals surface area contributed by atoms with Crippen LogP contribution in [0.5, 0.6) is 5.75 Å². The Morgan fingerprint density at radius 2 is 2.15 bits per heavy atom. The fraction of sp³-hybridized carbons (Fsp3) is 0.188. The van der Waals surface area contributed by atoms with Crippen molar-refractivity contribution in [2.24, 2.45) is 0 Å². The number of methoxy groups -OCH3 is 1. The van der Waals surface area contributed by atoms with E-state index in [0.717, 1.165) is 30.1 Å². The van der Waals surface area contributed by atoms with E-state index in [-0.39, 0.29) is 0 Å². The van der Waals surface area contributed by atoms with Gasteiger partial charge in [0.25, 0.3) is 0 Å². The molecule has 1 aromatic carbocycles. The van der Waals surface area contributed by atoms with E-state index in [1.54, 1.807) is 19.6 Å². The first-order valence-corrected chi connectivity index (χ1v) is 6.54. The van der Waals surface area contributed by atoms with Gasteiger partial charge in [0.1, 0.15) is 17.8 Å². The van der Waals surface area contributed by atoms with Crippen LogP contribution >= 0.6 is 0 Å². The summed E-state index contributed by atoms with van der Waals surface area (Å²) >= 11 is 0. The van der Waals surface area contributed by atoms with Crippen LogP contribution in [0.25, 0.3) is 11.4 Å². The lowest BCUT2D eigenvalue weighted by molar-refractivity contribution is 0.408. The Kier molecular flexibility index (Phi) is 3.54. The van der Waals surface area contributed by atoms with E-state index in [1.807, 2.05) is 36.7 Å². The molecule has 2 aromatic heterocycles. The Bertz CT molecular complexity index is 671. The van der Waals surface area contributed by atoms with Crippen molar-refractivity contribution in [1.29, 1.82) is 0 Å². The SMILES string of the molecule is COc1ccccc1CCn1ccnc1-c1ccoc1. The highest BCUT2D eigenvalue weighted by atomic mass is 16.5. The predicted octanol–water partition coefficient (Wildman–Crippen LogP) is 3.39. The third-order valence-electron chi connectivity index (χ3n) is 3.31. The van der Waals surface area contributed by atoms with Crippen LogP contribution in [-0.2, 0) is 13.0 Å². The molecule has 4 heteroatoms. The molecule has 0 atom stereocenters. The molecule has 0 saturated carbocycles. The molecule has 0 aliphatic rings. The van der Waals surface area contributed by atoms with E-state index in [0.29, 0.717) is 0 Å². The van der Waals surface area contributed by atoms with Crippen molar-refractivity contribution in [2.75, 3.05) is 7.11 Å². The van der Waals surface area contributed by atoms with E-state index in [4.69, 9.17) is 9.15 Å². The van der Waals surface area contributed by atoms with Crippen molar-refractivity contribution >= 4 is 0 Å². The first kappa shape index (κ1) is 12.5. The molecule has 2 heterocycles. The van der Waals surface area contributed by atoms with Crippen LogP contribution in [0.1, 0.15) is 5.56 Å². The van der Waals surface area contributed by atoms with Crippen LogP contribution in [0.3, 0.4) is 0 Å². The van der Waals surface area contributed by atoms with Crippen molar-refractivity contribution in [3.05, 3.63) is 60.8 Å². The largest absolute Gasteiger partial charge is 0.496 e. The lowest BCUT2D eigenvalue weighted by Crippen LogP contribution is -2.03. The summed E-state index contributed by atoms with van der Waals surface area (Å²) in [7, 11) is 1.70. The molecule has 3 rings (SSSR count). The normalized spacial score (nSPS) is 10.7. The summed E-state index contributed by atoms with van der Waals surface area (Å²) in [5, 5.41) is 0. The number of furan rings is 1. The minimum absolute atomic E-state index is 0.848. The molecule has 0 aliphatic carbocycles. The number of imidazole rings is 1. The van der Waals surface area contributed by atoms with Crippen molar-refractivity contribution in [1.82, 2.24) is 9.55 Å². The van der Waals surface area contributed by atoms with Crippen LogP contribution in [0.15, 0.2) is 59.7 Å². The lowest BCUT2D eigenvalue weighted by Gasteiger charge is -2.10. The summed E-state index contributed by atoms with van der Waals surface area (Å²) in [6, 6.07) is 10.0. The van der Waals surface area contributed by atoms with E-state index in [2.05, 4.69) is 15.6 Å². The molecule has 20 heavy (non-hydrogen) atoms. The maximum atomic E-state index is 5.38. The Hall–Kier alpha value is -2.49. The topological polar surface area (TPSA) is 40.2 Å². The molecule has 3 aromatic rings. The van der Waals surface area contributed by atoms with Gasteiger partial charge >= 0.3 is 0 Å². The summed E-state index contributed by atoms with van der Waals surface area (Å²) < 4.78 is 12.6. The minimum Gasteiger partial charge on any atom is -0.496 e. The first-order chi connectivity index (χ1) is 9.88. The van der Waals surface area contributed by atoms with Crippen molar-refractivity contribution in [3.8, 4) is 17.1 Å². The van der Waals surface area contributed by atoms with E-state index in [9.17, 15) is 0 Å². The third kappa shape index (κ3) is 2.45. The number of hydrogen-bond donors (Lipinski definition) is 0. The highest BCUT2D eigenvalue weighted by Crippen LogP contribution is 2.21. The molecule has 4 nitrogen and oxygen atoms in total. The molecule has 0 aliphatic heterocycles. The summed E-state index contributed by atoms with van der Waals surface area (Å²) in [4.78, 5) is 4.39. The highest BCUT2D eigenvalue weighted by Gasteiger charge is 2.08. The summed E-state index contributed by atoms with van der Waals surface area (Å²) in [5.74, 6) is 1.85. The van der Waals surface area contributed by atoms with Gasteiger partial charge in [-0.05, 0) is 24.1 Å². The molecule has 102 valence electrons. The number of ether oxygens (including phenoxy) is 1. The Morgan fingerprint density at radius 3 is 2.95 bits per heavy atom. The van der Waals surface area contributed by atoms with Crippen LogP contribution in [0, 0.1) is 0 Å². The van der Waals surface area contributed by atoms with Crippen LogP contribution < -0.4 is 4.74 Å². The number of aryl methyl sites for hydroxylation is 2. The van der Waals surface area contributed by atoms with Gasteiger partial charge in [-0.25, -0.2) is 4.98 Å². The van der Waals surface area contributed by atoms with Gasteiger partial charge in [-0.1, -0.05) is 18.2 Å². The van der Waals surface area contributed by atoms with Gasteiger partial charge in [-0.3, -0.25) is 0 Å². The second kappa shape index (κ2) is 5.65. The molecule has 0 unspecified atom stereocenters. The minimum atomic E-state index is 0.848. The van der Waals surface area contributed by atoms with E-state index in [1.165, 1.54) is 5.56 Å². The molecule has 0 saturated heterocycles. The van der Waals surface area contributed by atoms with Gasteiger partial charge in [0.05, 0.1) is 18.9 Å². The maximum absolute atomic E-state index is 5.38. The lowest BCUT2D eigenvalue weighted by atomic mass is 10.1. The number of nitrogens with zero attached hydrogens (tertiary/aromatic N) is 2. The second-order valence-electron chi connectivity index (χ2n) is 4.52. The van der Waals surface area contributed by atoms with Crippen molar-refractivity contribution in [3.63, 3.8) is 0 Å². The van der Waals surface area contributed by atoms with Gasteiger partial charge in [-0.2, -0.15) is 0 Å². The zero-order chi connectivity index (χ0) is 13.8.